The van der Waals surface area contributed by atoms with Crippen LogP contribution < -0.4 is 0 Å². The summed E-state index contributed by atoms with van der Waals surface area (Å²) in [5.41, 5.74) is 0. The van der Waals surface area contributed by atoms with Gasteiger partial charge in [0.15, 0.2) is 4.77 Å². The molecule has 2 nitrogen and oxygen atoms in total. The maximum Gasteiger partial charge on any atom is 0.177 e. The number of aromatic nitrogens is 2. The Bertz CT molecular complexity index is 330. The van der Waals surface area contributed by atoms with Gasteiger partial charge in [-0.15, -0.1) is 0 Å². The van der Waals surface area contributed by atoms with E-state index in [0.29, 0.717) is 4.75 Å². The zero-order valence-electron chi connectivity index (χ0n) is 7.75. The highest BCUT2D eigenvalue weighted by molar-refractivity contribution is 8.00. The first-order valence-electron chi connectivity index (χ1n) is 4.55. The number of nitrogens with zero attached hydrogens (tertiary/aromatic N) is 1. The smallest absolute Gasteiger partial charge is 0.177 e. The van der Waals surface area contributed by atoms with E-state index in [1.165, 1.54) is 19.3 Å². The summed E-state index contributed by atoms with van der Waals surface area (Å²) in [5, 5.41) is 0. The third-order valence-corrected chi connectivity index (χ3v) is 4.63. The van der Waals surface area contributed by atoms with Crippen LogP contribution in [0.25, 0.3) is 0 Å². The minimum absolute atomic E-state index is 0.473. The average Bonchev–Trinajstić information content (AvgIpc) is 2.44. The van der Waals surface area contributed by atoms with E-state index in [4.69, 9.17) is 12.2 Å². The summed E-state index contributed by atoms with van der Waals surface area (Å²) in [7, 11) is 0. The molecule has 72 valence electrons. The van der Waals surface area contributed by atoms with Crippen molar-refractivity contribution in [3.8, 4) is 0 Å². The van der Waals surface area contributed by atoms with E-state index in [1.54, 1.807) is 0 Å². The molecule has 0 aliphatic heterocycles. The molecule has 0 saturated heterocycles. The van der Waals surface area contributed by atoms with Crippen molar-refractivity contribution < 1.29 is 0 Å². The summed E-state index contributed by atoms with van der Waals surface area (Å²) in [6, 6.07) is 0. The van der Waals surface area contributed by atoms with Gasteiger partial charge in [0, 0.05) is 23.7 Å². The Balaban J connectivity index is 2.13. The summed E-state index contributed by atoms with van der Waals surface area (Å²) < 4.78 is 3.46. The standard InChI is InChI=1S/C9H14N2S2/c1-13-9(3-2-4-9)7-11-6-5-10-8(11)12/h5-6H,2-4,7H2,1H3,(H,10,12). The Kier molecular flexibility index (Phi) is 2.51. The van der Waals surface area contributed by atoms with Crippen molar-refractivity contribution in [1.82, 2.24) is 9.55 Å². The monoisotopic (exact) mass is 214 g/mol. The predicted molar refractivity (Wildman–Crippen MR) is 59.7 cm³/mol. The van der Waals surface area contributed by atoms with Crippen LogP contribution in [0, 0.1) is 4.77 Å². The summed E-state index contributed by atoms with van der Waals surface area (Å²) in [4.78, 5) is 3.03. The summed E-state index contributed by atoms with van der Waals surface area (Å²) in [5.74, 6) is 0. The Labute approximate surface area is 87.7 Å². The van der Waals surface area contributed by atoms with Crippen LogP contribution in [-0.2, 0) is 6.54 Å². The number of hydrogen-bond donors (Lipinski definition) is 1. The molecular formula is C9H14N2S2. The van der Waals surface area contributed by atoms with Gasteiger partial charge >= 0.3 is 0 Å². The summed E-state index contributed by atoms with van der Waals surface area (Å²) in [6.45, 7) is 1.07. The molecule has 1 aliphatic rings. The highest BCUT2D eigenvalue weighted by Gasteiger charge is 2.36. The molecule has 1 saturated carbocycles. The maximum absolute atomic E-state index is 5.17. The van der Waals surface area contributed by atoms with E-state index in [0.717, 1.165) is 11.3 Å². The number of nitrogens with one attached hydrogen (secondary N) is 1. The van der Waals surface area contributed by atoms with E-state index >= 15 is 0 Å². The largest absolute Gasteiger partial charge is 0.337 e. The van der Waals surface area contributed by atoms with Gasteiger partial charge in [-0.25, -0.2) is 0 Å². The van der Waals surface area contributed by atoms with E-state index < -0.39 is 0 Å². The molecule has 1 aliphatic carbocycles. The molecule has 0 amide bonds. The fourth-order valence-electron chi connectivity index (χ4n) is 1.78. The zero-order valence-corrected chi connectivity index (χ0v) is 9.38. The second kappa shape index (κ2) is 3.50. The van der Waals surface area contributed by atoms with Gasteiger partial charge in [0.1, 0.15) is 0 Å². The number of aromatic amines is 1. The third-order valence-electron chi connectivity index (χ3n) is 2.88. The van der Waals surface area contributed by atoms with E-state index in [2.05, 4.69) is 15.8 Å². The topological polar surface area (TPSA) is 20.7 Å². The minimum Gasteiger partial charge on any atom is -0.337 e. The number of thioether (sulfide) groups is 1. The zero-order chi connectivity index (χ0) is 9.31. The normalized spacial score (nSPS) is 19.8. The highest BCUT2D eigenvalue weighted by atomic mass is 32.2. The van der Waals surface area contributed by atoms with Gasteiger partial charge in [-0.3, -0.25) is 0 Å². The molecule has 2 rings (SSSR count). The molecule has 1 fully saturated rings. The van der Waals surface area contributed by atoms with Gasteiger partial charge in [0.25, 0.3) is 0 Å². The molecular weight excluding hydrogens is 200 g/mol. The molecule has 0 bridgehead atoms. The van der Waals surface area contributed by atoms with Gasteiger partial charge in [-0.1, -0.05) is 6.42 Å². The lowest BCUT2D eigenvalue weighted by Crippen LogP contribution is -2.37. The fraction of sp³-hybridized carbons (Fsp3) is 0.667. The van der Waals surface area contributed by atoms with Crippen LogP contribution in [0.5, 0.6) is 0 Å². The Morgan fingerprint density at radius 1 is 1.69 bits per heavy atom. The molecule has 1 aromatic rings. The molecule has 0 atom stereocenters. The van der Waals surface area contributed by atoms with Crippen LogP contribution in [-0.4, -0.2) is 20.6 Å². The van der Waals surface area contributed by atoms with Crippen LogP contribution >= 0.6 is 24.0 Å². The first-order valence-corrected chi connectivity index (χ1v) is 6.18. The number of rotatable bonds is 3. The van der Waals surface area contributed by atoms with Crippen LogP contribution in [0.3, 0.4) is 0 Å². The molecule has 0 spiro atoms. The lowest BCUT2D eigenvalue weighted by Gasteiger charge is -2.40. The highest BCUT2D eigenvalue weighted by Crippen LogP contribution is 2.43. The molecule has 4 heteroatoms. The first-order chi connectivity index (χ1) is 6.26. The number of hydrogen-bond acceptors (Lipinski definition) is 2. The van der Waals surface area contributed by atoms with Crippen molar-refractivity contribution in [2.24, 2.45) is 0 Å². The molecule has 1 N–H and O–H groups in total. The van der Waals surface area contributed by atoms with Crippen molar-refractivity contribution >= 4 is 24.0 Å². The first kappa shape index (κ1) is 9.34. The van der Waals surface area contributed by atoms with Gasteiger partial charge < -0.3 is 9.55 Å². The number of H-pyrrole nitrogens is 1. The molecule has 1 heterocycles. The molecule has 0 aromatic carbocycles. The van der Waals surface area contributed by atoms with Crippen LogP contribution in [0.4, 0.5) is 0 Å². The van der Waals surface area contributed by atoms with Crippen molar-refractivity contribution in [1.29, 1.82) is 0 Å². The van der Waals surface area contributed by atoms with Gasteiger partial charge in [-0.2, -0.15) is 11.8 Å². The van der Waals surface area contributed by atoms with E-state index in [1.807, 2.05) is 24.2 Å². The molecule has 0 unspecified atom stereocenters. The van der Waals surface area contributed by atoms with Crippen molar-refractivity contribution in [3.63, 3.8) is 0 Å². The predicted octanol–water partition coefficient (Wildman–Crippen LogP) is 2.83. The Morgan fingerprint density at radius 2 is 2.46 bits per heavy atom. The van der Waals surface area contributed by atoms with E-state index in [-0.39, 0.29) is 0 Å². The minimum atomic E-state index is 0.473. The Morgan fingerprint density at radius 3 is 2.85 bits per heavy atom. The third kappa shape index (κ3) is 1.70. The summed E-state index contributed by atoms with van der Waals surface area (Å²) in [6.07, 6.45) is 10.2. The lowest BCUT2D eigenvalue weighted by molar-refractivity contribution is 0.320. The van der Waals surface area contributed by atoms with Gasteiger partial charge in [-0.05, 0) is 31.3 Å². The van der Waals surface area contributed by atoms with Crippen molar-refractivity contribution in [3.05, 3.63) is 17.2 Å². The second-order valence-corrected chi connectivity index (χ2v) is 5.29. The number of imidazole rings is 1. The molecule has 1 aromatic heterocycles. The lowest BCUT2D eigenvalue weighted by atomic mass is 9.84. The van der Waals surface area contributed by atoms with Gasteiger partial charge in [0.05, 0.1) is 0 Å². The molecule has 13 heavy (non-hydrogen) atoms. The SMILES string of the molecule is CSC1(Cn2cc[nH]c2=S)CCC1. The van der Waals surface area contributed by atoms with Crippen molar-refractivity contribution in [2.45, 2.75) is 30.6 Å². The van der Waals surface area contributed by atoms with E-state index in [9.17, 15) is 0 Å². The van der Waals surface area contributed by atoms with Crippen molar-refractivity contribution in [2.75, 3.05) is 6.26 Å². The van der Waals surface area contributed by atoms with Crippen LogP contribution in [0.2, 0.25) is 0 Å². The van der Waals surface area contributed by atoms with Gasteiger partial charge in [0.2, 0.25) is 0 Å². The fourth-order valence-corrected chi connectivity index (χ4v) is 2.94. The quantitative estimate of drug-likeness (QED) is 0.781. The molecule has 0 radical (unpaired) electrons. The second-order valence-electron chi connectivity index (χ2n) is 3.63. The Hall–Kier alpha value is -0.220. The van der Waals surface area contributed by atoms with Crippen LogP contribution in [0.1, 0.15) is 19.3 Å². The maximum atomic E-state index is 5.17. The average molecular weight is 214 g/mol. The summed E-state index contributed by atoms with van der Waals surface area (Å²) >= 11 is 7.16. The van der Waals surface area contributed by atoms with Crippen LogP contribution in [0.15, 0.2) is 12.4 Å².